The maximum absolute atomic E-state index is 11.3. The molecule has 5 heteroatoms. The van der Waals surface area contributed by atoms with Crippen molar-refractivity contribution in [2.75, 3.05) is 40.0 Å². The van der Waals surface area contributed by atoms with Gasteiger partial charge < -0.3 is 20.5 Å². The predicted octanol–water partition coefficient (Wildman–Crippen LogP) is -0.249. The van der Waals surface area contributed by atoms with E-state index in [9.17, 15) is 4.79 Å². The van der Waals surface area contributed by atoms with Crippen molar-refractivity contribution in [3.63, 3.8) is 0 Å². The van der Waals surface area contributed by atoms with E-state index in [1.807, 2.05) is 13.8 Å². The van der Waals surface area contributed by atoms with E-state index in [0.717, 1.165) is 0 Å². The predicted molar refractivity (Wildman–Crippen MR) is 58.5 cm³/mol. The minimum atomic E-state index is -0.118. The molecule has 0 fully saturated rings. The van der Waals surface area contributed by atoms with E-state index >= 15 is 0 Å². The Kier molecular flexibility index (Phi) is 7.29. The third-order valence-electron chi connectivity index (χ3n) is 1.98. The van der Waals surface area contributed by atoms with Gasteiger partial charge in [-0.1, -0.05) is 13.8 Å². The normalized spacial score (nSPS) is 11.5. The second kappa shape index (κ2) is 7.62. The summed E-state index contributed by atoms with van der Waals surface area (Å²) in [7, 11) is 1.59. The lowest BCUT2D eigenvalue weighted by atomic mass is 9.94. The van der Waals surface area contributed by atoms with Crippen LogP contribution in [0.25, 0.3) is 0 Å². The summed E-state index contributed by atoms with van der Waals surface area (Å²) in [4.78, 5) is 11.3. The van der Waals surface area contributed by atoms with Crippen molar-refractivity contribution >= 4 is 5.91 Å². The SMILES string of the molecule is COCCOCC(=O)NCC(C)(C)CN. The molecule has 0 saturated heterocycles. The highest BCUT2D eigenvalue weighted by Crippen LogP contribution is 2.09. The Morgan fingerprint density at radius 1 is 1.40 bits per heavy atom. The molecule has 0 spiro atoms. The first-order chi connectivity index (χ1) is 7.02. The number of ether oxygens (including phenoxy) is 2. The minimum Gasteiger partial charge on any atom is -0.382 e. The molecule has 0 aliphatic rings. The topological polar surface area (TPSA) is 73.6 Å². The average Bonchev–Trinajstić information content (AvgIpc) is 2.22. The van der Waals surface area contributed by atoms with Gasteiger partial charge in [-0.2, -0.15) is 0 Å². The average molecular weight is 218 g/mol. The highest BCUT2D eigenvalue weighted by atomic mass is 16.5. The van der Waals surface area contributed by atoms with Gasteiger partial charge in [0.25, 0.3) is 0 Å². The van der Waals surface area contributed by atoms with Crippen LogP contribution < -0.4 is 11.1 Å². The Morgan fingerprint density at radius 3 is 2.60 bits per heavy atom. The van der Waals surface area contributed by atoms with Gasteiger partial charge in [0.1, 0.15) is 6.61 Å². The maximum Gasteiger partial charge on any atom is 0.246 e. The van der Waals surface area contributed by atoms with E-state index in [1.54, 1.807) is 7.11 Å². The van der Waals surface area contributed by atoms with Crippen molar-refractivity contribution in [3.8, 4) is 0 Å². The number of amides is 1. The number of carbonyl (C=O) groups excluding carboxylic acids is 1. The van der Waals surface area contributed by atoms with Crippen LogP contribution >= 0.6 is 0 Å². The van der Waals surface area contributed by atoms with Gasteiger partial charge in [-0.05, 0) is 12.0 Å². The van der Waals surface area contributed by atoms with E-state index in [-0.39, 0.29) is 17.9 Å². The maximum atomic E-state index is 11.3. The van der Waals surface area contributed by atoms with Crippen LogP contribution in [0.1, 0.15) is 13.8 Å². The molecule has 90 valence electrons. The molecular formula is C10H22N2O3. The van der Waals surface area contributed by atoms with Gasteiger partial charge in [0.05, 0.1) is 13.2 Å². The highest BCUT2D eigenvalue weighted by molar-refractivity contribution is 5.77. The van der Waals surface area contributed by atoms with E-state index in [2.05, 4.69) is 5.32 Å². The van der Waals surface area contributed by atoms with Crippen LogP contribution in [0.15, 0.2) is 0 Å². The summed E-state index contributed by atoms with van der Waals surface area (Å²) in [6.07, 6.45) is 0. The fourth-order valence-corrected chi connectivity index (χ4v) is 0.768. The van der Waals surface area contributed by atoms with E-state index in [1.165, 1.54) is 0 Å². The number of carbonyl (C=O) groups is 1. The van der Waals surface area contributed by atoms with Crippen molar-refractivity contribution in [1.82, 2.24) is 5.32 Å². The first-order valence-electron chi connectivity index (χ1n) is 5.05. The lowest BCUT2D eigenvalue weighted by Gasteiger charge is -2.22. The van der Waals surface area contributed by atoms with E-state index < -0.39 is 0 Å². The van der Waals surface area contributed by atoms with Crippen molar-refractivity contribution in [3.05, 3.63) is 0 Å². The monoisotopic (exact) mass is 218 g/mol. The Balaban J connectivity index is 3.49. The summed E-state index contributed by atoms with van der Waals surface area (Å²) in [5.74, 6) is -0.118. The van der Waals surface area contributed by atoms with Crippen LogP contribution in [-0.2, 0) is 14.3 Å². The van der Waals surface area contributed by atoms with Crippen LogP contribution in [0.2, 0.25) is 0 Å². The van der Waals surface area contributed by atoms with Crippen LogP contribution in [-0.4, -0.2) is 45.9 Å². The third kappa shape index (κ3) is 8.35. The lowest BCUT2D eigenvalue weighted by molar-refractivity contribution is -0.126. The van der Waals surface area contributed by atoms with E-state index in [4.69, 9.17) is 15.2 Å². The van der Waals surface area contributed by atoms with Crippen molar-refractivity contribution in [2.24, 2.45) is 11.1 Å². The molecule has 0 aliphatic carbocycles. The Hall–Kier alpha value is -0.650. The number of hydrogen-bond acceptors (Lipinski definition) is 4. The molecule has 0 aromatic carbocycles. The smallest absolute Gasteiger partial charge is 0.246 e. The van der Waals surface area contributed by atoms with Gasteiger partial charge in [0.15, 0.2) is 0 Å². The third-order valence-corrected chi connectivity index (χ3v) is 1.98. The highest BCUT2D eigenvalue weighted by Gasteiger charge is 2.16. The molecular weight excluding hydrogens is 196 g/mol. The summed E-state index contributed by atoms with van der Waals surface area (Å²) < 4.78 is 9.85. The summed E-state index contributed by atoms with van der Waals surface area (Å²) in [6, 6.07) is 0. The first-order valence-corrected chi connectivity index (χ1v) is 5.05. The van der Waals surface area contributed by atoms with Gasteiger partial charge in [-0.15, -0.1) is 0 Å². The van der Waals surface area contributed by atoms with Crippen LogP contribution in [0.4, 0.5) is 0 Å². The Labute approximate surface area is 91.3 Å². The van der Waals surface area contributed by atoms with Crippen LogP contribution in [0.3, 0.4) is 0 Å². The van der Waals surface area contributed by atoms with Crippen molar-refractivity contribution in [1.29, 1.82) is 0 Å². The number of nitrogens with one attached hydrogen (secondary N) is 1. The van der Waals surface area contributed by atoms with Gasteiger partial charge in [-0.3, -0.25) is 4.79 Å². The summed E-state index contributed by atoms with van der Waals surface area (Å²) in [5, 5.41) is 2.77. The lowest BCUT2D eigenvalue weighted by Crippen LogP contribution is -2.39. The molecule has 0 rings (SSSR count). The molecule has 0 bridgehead atoms. The molecule has 15 heavy (non-hydrogen) atoms. The summed E-state index contributed by atoms with van der Waals surface area (Å²) >= 11 is 0. The van der Waals surface area contributed by atoms with Crippen LogP contribution in [0, 0.1) is 5.41 Å². The molecule has 0 aromatic rings. The second-order valence-electron chi connectivity index (χ2n) is 4.19. The molecule has 0 aromatic heterocycles. The van der Waals surface area contributed by atoms with Crippen molar-refractivity contribution < 1.29 is 14.3 Å². The molecule has 3 N–H and O–H groups in total. The molecule has 0 unspecified atom stereocenters. The number of rotatable bonds is 8. The fourth-order valence-electron chi connectivity index (χ4n) is 0.768. The fraction of sp³-hybridized carbons (Fsp3) is 0.900. The van der Waals surface area contributed by atoms with Gasteiger partial charge >= 0.3 is 0 Å². The Morgan fingerprint density at radius 2 is 2.07 bits per heavy atom. The quantitative estimate of drug-likeness (QED) is 0.551. The largest absolute Gasteiger partial charge is 0.382 e. The molecule has 0 atom stereocenters. The standard InChI is InChI=1S/C10H22N2O3/c1-10(2,7-11)8-12-9(13)6-15-5-4-14-3/h4-8,11H2,1-3H3,(H,12,13). The second-order valence-corrected chi connectivity index (χ2v) is 4.19. The molecule has 5 nitrogen and oxygen atoms in total. The molecule has 0 radical (unpaired) electrons. The molecule has 1 amide bonds. The minimum absolute atomic E-state index is 0.0673. The summed E-state index contributed by atoms with van der Waals surface area (Å²) in [5.41, 5.74) is 5.47. The van der Waals surface area contributed by atoms with Crippen molar-refractivity contribution in [2.45, 2.75) is 13.8 Å². The van der Waals surface area contributed by atoms with Gasteiger partial charge in [-0.25, -0.2) is 0 Å². The zero-order valence-corrected chi connectivity index (χ0v) is 9.84. The Bertz CT molecular complexity index is 184. The number of nitrogens with two attached hydrogens (primary N) is 1. The zero-order chi connectivity index (χ0) is 11.7. The first kappa shape index (κ1) is 14.3. The number of methoxy groups -OCH3 is 1. The van der Waals surface area contributed by atoms with Gasteiger partial charge in [0, 0.05) is 13.7 Å². The zero-order valence-electron chi connectivity index (χ0n) is 9.84. The number of hydrogen-bond donors (Lipinski definition) is 2. The van der Waals surface area contributed by atoms with Crippen LogP contribution in [0.5, 0.6) is 0 Å². The molecule has 0 saturated carbocycles. The summed E-state index contributed by atoms with van der Waals surface area (Å²) in [6.45, 7) is 6.11. The molecule has 0 aliphatic heterocycles. The molecule has 0 heterocycles. The van der Waals surface area contributed by atoms with Gasteiger partial charge in [0.2, 0.25) is 5.91 Å². The van der Waals surface area contributed by atoms with E-state index in [0.29, 0.717) is 26.3 Å².